The Kier molecular flexibility index (Phi) is 4.05. The van der Waals surface area contributed by atoms with Crippen molar-refractivity contribution in [3.63, 3.8) is 0 Å². The van der Waals surface area contributed by atoms with E-state index in [0.29, 0.717) is 32.8 Å². The fourth-order valence-electron chi connectivity index (χ4n) is 4.45. The van der Waals surface area contributed by atoms with Crippen LogP contribution in [0.4, 0.5) is 0 Å². The summed E-state index contributed by atoms with van der Waals surface area (Å²) in [6.07, 6.45) is 0. The van der Waals surface area contributed by atoms with Gasteiger partial charge >= 0.3 is 0 Å². The average Bonchev–Trinajstić information content (AvgIpc) is 2.85. The molecule has 0 unspecified atom stereocenters. The van der Waals surface area contributed by atoms with E-state index >= 15 is 0 Å². The Balaban J connectivity index is 1.75. The van der Waals surface area contributed by atoms with E-state index in [-0.39, 0.29) is 10.9 Å². The van der Waals surface area contributed by atoms with Crippen molar-refractivity contribution in [2.45, 2.75) is 0 Å². The molecule has 0 aliphatic rings. The molecule has 0 bridgehead atoms. The monoisotopic (exact) mass is 414 g/mol. The second-order valence-electron chi connectivity index (χ2n) is 7.85. The molecule has 152 valence electrons. The number of para-hydroxylation sites is 2. The lowest BCUT2D eigenvalue weighted by Crippen LogP contribution is -2.15. The third kappa shape index (κ3) is 2.70. The first-order valence-corrected chi connectivity index (χ1v) is 10.5. The molecule has 0 spiro atoms. The van der Waals surface area contributed by atoms with Gasteiger partial charge in [0.05, 0.1) is 11.0 Å². The highest BCUT2D eigenvalue weighted by atomic mass is 16.1. The molecule has 4 heteroatoms. The van der Waals surface area contributed by atoms with Crippen molar-refractivity contribution in [1.82, 2.24) is 9.97 Å². The van der Waals surface area contributed by atoms with Crippen LogP contribution in [-0.4, -0.2) is 9.97 Å². The van der Waals surface area contributed by atoms with Gasteiger partial charge in [-0.2, -0.15) is 0 Å². The lowest BCUT2D eigenvalue weighted by molar-refractivity contribution is 1.39. The van der Waals surface area contributed by atoms with E-state index in [1.807, 2.05) is 84.9 Å². The number of nitrogens with one attached hydrogen (secondary N) is 2. The van der Waals surface area contributed by atoms with Crippen molar-refractivity contribution in [2.75, 3.05) is 0 Å². The van der Waals surface area contributed by atoms with E-state index < -0.39 is 0 Å². The van der Waals surface area contributed by atoms with Gasteiger partial charge in [-0.3, -0.25) is 9.59 Å². The Bertz CT molecular complexity index is 1620. The van der Waals surface area contributed by atoms with Crippen LogP contribution >= 0.6 is 0 Å². The van der Waals surface area contributed by atoms with Crippen LogP contribution in [0, 0.1) is 0 Å². The van der Waals surface area contributed by atoms with Gasteiger partial charge in [-0.1, -0.05) is 84.9 Å². The van der Waals surface area contributed by atoms with Crippen molar-refractivity contribution in [1.29, 1.82) is 0 Å². The maximum absolute atomic E-state index is 13.5. The SMILES string of the molecule is O=c1c2cccc(-c3ccccc3)c2[nH]c2c(=O)c3cccc(-c4ccccc4)c3[nH]c12. The summed E-state index contributed by atoms with van der Waals surface area (Å²) in [5, 5.41) is 1.09. The molecule has 32 heavy (non-hydrogen) atoms. The minimum Gasteiger partial charge on any atom is -0.349 e. The van der Waals surface area contributed by atoms with Gasteiger partial charge in [-0.25, -0.2) is 0 Å². The molecule has 6 aromatic rings. The molecule has 6 rings (SSSR count). The summed E-state index contributed by atoms with van der Waals surface area (Å²) < 4.78 is 0. The van der Waals surface area contributed by atoms with Gasteiger partial charge in [0.1, 0.15) is 11.0 Å². The molecule has 2 heterocycles. The number of rotatable bonds is 2. The summed E-state index contributed by atoms with van der Waals surface area (Å²) in [4.78, 5) is 33.6. The molecule has 2 aromatic heterocycles. The summed E-state index contributed by atoms with van der Waals surface area (Å²) in [5.74, 6) is 0. The predicted molar refractivity (Wildman–Crippen MR) is 131 cm³/mol. The lowest BCUT2D eigenvalue weighted by atomic mass is 9.99. The maximum atomic E-state index is 13.5. The molecule has 0 amide bonds. The first-order valence-electron chi connectivity index (χ1n) is 10.5. The Hall–Kier alpha value is -4.44. The van der Waals surface area contributed by atoms with Crippen LogP contribution < -0.4 is 10.9 Å². The fraction of sp³-hybridized carbons (Fsp3) is 0. The zero-order valence-electron chi connectivity index (χ0n) is 17.1. The van der Waals surface area contributed by atoms with Crippen molar-refractivity contribution in [2.24, 2.45) is 0 Å². The topological polar surface area (TPSA) is 65.7 Å². The van der Waals surface area contributed by atoms with E-state index in [4.69, 9.17) is 0 Å². The molecule has 0 saturated carbocycles. The molecule has 0 aliphatic heterocycles. The Labute approximate surface area is 182 Å². The number of hydrogen-bond donors (Lipinski definition) is 2. The van der Waals surface area contributed by atoms with Crippen LogP contribution in [0.5, 0.6) is 0 Å². The molecular formula is C28H18N2O2. The highest BCUT2D eigenvalue weighted by Gasteiger charge is 2.16. The number of fused-ring (bicyclic) bond motifs is 3. The summed E-state index contributed by atoms with van der Waals surface area (Å²) in [5.41, 5.74) is 5.29. The molecule has 2 N–H and O–H groups in total. The predicted octanol–water partition coefficient (Wildman–Crippen LogP) is 5.86. The van der Waals surface area contributed by atoms with E-state index in [2.05, 4.69) is 9.97 Å². The van der Waals surface area contributed by atoms with Crippen LogP contribution in [-0.2, 0) is 0 Å². The highest BCUT2D eigenvalue weighted by molar-refractivity contribution is 6.03. The quantitative estimate of drug-likeness (QED) is 0.349. The van der Waals surface area contributed by atoms with Gasteiger partial charge in [-0.15, -0.1) is 0 Å². The van der Waals surface area contributed by atoms with Crippen LogP contribution in [0.25, 0.3) is 55.1 Å². The number of H-pyrrole nitrogens is 2. The van der Waals surface area contributed by atoms with Gasteiger partial charge in [0.15, 0.2) is 0 Å². The van der Waals surface area contributed by atoms with Gasteiger partial charge in [0.2, 0.25) is 10.9 Å². The Morgan fingerprint density at radius 1 is 0.406 bits per heavy atom. The van der Waals surface area contributed by atoms with Gasteiger partial charge in [0, 0.05) is 21.9 Å². The van der Waals surface area contributed by atoms with Crippen LogP contribution in [0.3, 0.4) is 0 Å². The van der Waals surface area contributed by atoms with Crippen molar-refractivity contribution < 1.29 is 0 Å². The molecule has 4 aromatic carbocycles. The fourth-order valence-corrected chi connectivity index (χ4v) is 4.45. The second kappa shape index (κ2) is 7.06. The molecule has 0 radical (unpaired) electrons. The summed E-state index contributed by atoms with van der Waals surface area (Å²) in [7, 11) is 0. The lowest BCUT2D eigenvalue weighted by Gasteiger charge is -2.11. The van der Waals surface area contributed by atoms with Crippen molar-refractivity contribution >= 4 is 32.8 Å². The summed E-state index contributed by atoms with van der Waals surface area (Å²) in [6, 6.07) is 31.0. The number of pyridine rings is 2. The maximum Gasteiger partial charge on any atom is 0.213 e. The zero-order valence-corrected chi connectivity index (χ0v) is 17.1. The smallest absolute Gasteiger partial charge is 0.213 e. The minimum absolute atomic E-state index is 0.187. The third-order valence-electron chi connectivity index (χ3n) is 5.99. The van der Waals surface area contributed by atoms with E-state index in [1.165, 1.54) is 0 Å². The van der Waals surface area contributed by atoms with Crippen molar-refractivity contribution in [3.8, 4) is 22.3 Å². The molecule has 0 atom stereocenters. The second-order valence-corrected chi connectivity index (χ2v) is 7.85. The molecule has 0 aliphatic carbocycles. The largest absolute Gasteiger partial charge is 0.349 e. The number of aromatic amines is 2. The summed E-state index contributed by atoms with van der Waals surface area (Å²) in [6.45, 7) is 0. The highest BCUT2D eigenvalue weighted by Crippen LogP contribution is 2.29. The molecule has 0 saturated heterocycles. The number of benzene rings is 4. The van der Waals surface area contributed by atoms with Crippen LogP contribution in [0.1, 0.15) is 0 Å². The summed E-state index contributed by atoms with van der Waals surface area (Å²) >= 11 is 0. The molecular weight excluding hydrogens is 396 g/mol. The first kappa shape index (κ1) is 18.3. The molecule has 0 fully saturated rings. The first-order chi connectivity index (χ1) is 15.7. The van der Waals surface area contributed by atoms with E-state index in [0.717, 1.165) is 22.3 Å². The van der Waals surface area contributed by atoms with E-state index in [9.17, 15) is 9.59 Å². The normalized spacial score (nSPS) is 11.4. The van der Waals surface area contributed by atoms with Gasteiger partial charge in [-0.05, 0) is 23.3 Å². The van der Waals surface area contributed by atoms with Crippen LogP contribution in [0.15, 0.2) is 107 Å². The van der Waals surface area contributed by atoms with E-state index in [1.54, 1.807) is 12.1 Å². The minimum atomic E-state index is -0.187. The number of hydrogen-bond acceptors (Lipinski definition) is 2. The van der Waals surface area contributed by atoms with Crippen molar-refractivity contribution in [3.05, 3.63) is 118 Å². The Morgan fingerprint density at radius 2 is 0.812 bits per heavy atom. The Morgan fingerprint density at radius 3 is 1.22 bits per heavy atom. The standard InChI is InChI=1S/C28H18N2O2/c31-27-21-15-7-13-19(17-9-3-1-4-10-17)23(21)29-25-26(27)30-24-20(18-11-5-2-6-12-18)14-8-16-22(24)28(25)32/h1-16H,(H,29,31)(H,30,32). The third-order valence-corrected chi connectivity index (χ3v) is 5.99. The zero-order chi connectivity index (χ0) is 21.7. The van der Waals surface area contributed by atoms with Crippen LogP contribution in [0.2, 0.25) is 0 Å². The average molecular weight is 414 g/mol. The molecule has 4 nitrogen and oxygen atoms in total. The number of aromatic nitrogens is 2. The van der Waals surface area contributed by atoms with Gasteiger partial charge in [0.25, 0.3) is 0 Å². The van der Waals surface area contributed by atoms with Gasteiger partial charge < -0.3 is 9.97 Å².